The molecule has 0 saturated carbocycles. The minimum Gasteiger partial charge on any atom is -0.427 e. The number of hydrogen-bond donors (Lipinski definition) is 2. The van der Waals surface area contributed by atoms with E-state index in [0.717, 1.165) is 27.7 Å². The van der Waals surface area contributed by atoms with Crippen LogP contribution in [0.25, 0.3) is 11.0 Å². The third-order valence-electron chi connectivity index (χ3n) is 2.50. The molecule has 5 heteroatoms. The number of aryl methyl sites for hydroxylation is 1. The van der Waals surface area contributed by atoms with Crippen molar-refractivity contribution in [1.82, 2.24) is 9.71 Å². The van der Waals surface area contributed by atoms with Crippen LogP contribution in [0.2, 0.25) is 0 Å². The number of carbonyl (C=O) groups is 1. The fourth-order valence-electron chi connectivity index (χ4n) is 1.83. The number of aldehydes is 1. The Kier molecular flexibility index (Phi) is 2.52. The molecule has 0 saturated heterocycles. The molecule has 2 aromatic rings. The van der Waals surface area contributed by atoms with Crippen molar-refractivity contribution in [3.8, 4) is 0 Å². The molecule has 0 aromatic carbocycles. The Morgan fingerprint density at radius 1 is 1.62 bits per heavy atom. The number of rotatable bonds is 3. The second-order valence-electron chi connectivity index (χ2n) is 3.59. The van der Waals surface area contributed by atoms with Gasteiger partial charge in [-0.25, -0.2) is 4.98 Å². The van der Waals surface area contributed by atoms with E-state index in [-0.39, 0.29) is 0 Å². The predicted octanol–water partition coefficient (Wildman–Crippen LogP) is 1.83. The zero-order valence-corrected chi connectivity index (χ0v) is 9.19. The Morgan fingerprint density at radius 3 is 3.00 bits per heavy atom. The number of nitrogens with zero attached hydrogens (tertiary/aromatic N) is 2. The third-order valence-corrected chi connectivity index (χ3v) is 2.50. The van der Waals surface area contributed by atoms with E-state index < -0.39 is 0 Å². The molecule has 0 amide bonds. The van der Waals surface area contributed by atoms with E-state index in [2.05, 4.69) is 10.3 Å². The Hall–Kier alpha value is -2.04. The summed E-state index contributed by atoms with van der Waals surface area (Å²) in [4.78, 5) is 15.0. The maximum Gasteiger partial charge on any atom is 0.177 e. The molecule has 0 atom stereocenters. The Balaban J connectivity index is 2.82. The molecule has 16 heavy (non-hydrogen) atoms. The van der Waals surface area contributed by atoms with Gasteiger partial charge in [-0.15, -0.1) is 0 Å². The van der Waals surface area contributed by atoms with E-state index in [9.17, 15) is 10.0 Å². The van der Waals surface area contributed by atoms with Crippen LogP contribution >= 0.6 is 0 Å². The normalized spacial score (nSPS) is 10.6. The molecule has 2 heterocycles. The van der Waals surface area contributed by atoms with Crippen LogP contribution in [0.1, 0.15) is 22.8 Å². The van der Waals surface area contributed by atoms with Crippen LogP contribution in [0.15, 0.2) is 12.4 Å². The SMILES string of the molecule is CCNc1c(C=O)cnc2c1c(C)cn2O. The lowest BCUT2D eigenvalue weighted by molar-refractivity contribution is 0.112. The van der Waals surface area contributed by atoms with Crippen molar-refractivity contribution in [3.63, 3.8) is 0 Å². The molecule has 5 nitrogen and oxygen atoms in total. The summed E-state index contributed by atoms with van der Waals surface area (Å²) >= 11 is 0. The molecule has 0 aliphatic carbocycles. The first-order chi connectivity index (χ1) is 7.69. The number of nitrogens with one attached hydrogen (secondary N) is 1. The lowest BCUT2D eigenvalue weighted by Gasteiger charge is -2.08. The number of hydrogen-bond acceptors (Lipinski definition) is 4. The topological polar surface area (TPSA) is 67.2 Å². The van der Waals surface area contributed by atoms with Crippen molar-refractivity contribution in [3.05, 3.63) is 23.5 Å². The van der Waals surface area contributed by atoms with Gasteiger partial charge in [-0.2, -0.15) is 4.73 Å². The molecule has 0 aliphatic heterocycles. The summed E-state index contributed by atoms with van der Waals surface area (Å²) in [7, 11) is 0. The highest BCUT2D eigenvalue weighted by Crippen LogP contribution is 2.28. The van der Waals surface area contributed by atoms with Crippen LogP contribution in [-0.2, 0) is 0 Å². The molecular weight excluding hydrogens is 206 g/mol. The Morgan fingerprint density at radius 2 is 2.38 bits per heavy atom. The van der Waals surface area contributed by atoms with Gasteiger partial charge in [-0.1, -0.05) is 0 Å². The molecule has 0 fully saturated rings. The van der Waals surface area contributed by atoms with Gasteiger partial charge in [-0.05, 0) is 19.4 Å². The molecule has 84 valence electrons. The number of pyridine rings is 1. The van der Waals surface area contributed by atoms with E-state index in [0.29, 0.717) is 17.8 Å². The van der Waals surface area contributed by atoms with Gasteiger partial charge in [0.25, 0.3) is 0 Å². The quantitative estimate of drug-likeness (QED) is 0.610. The smallest absolute Gasteiger partial charge is 0.177 e. The van der Waals surface area contributed by atoms with Crippen molar-refractivity contribution in [2.75, 3.05) is 11.9 Å². The summed E-state index contributed by atoms with van der Waals surface area (Å²) in [6.45, 7) is 4.52. The Labute approximate surface area is 92.7 Å². The molecule has 2 N–H and O–H groups in total. The number of fused-ring (bicyclic) bond motifs is 1. The van der Waals surface area contributed by atoms with Crippen LogP contribution in [0.3, 0.4) is 0 Å². The van der Waals surface area contributed by atoms with Gasteiger partial charge in [0, 0.05) is 24.3 Å². The Bertz CT molecular complexity index is 546. The molecule has 0 unspecified atom stereocenters. The monoisotopic (exact) mass is 219 g/mol. The lowest BCUT2D eigenvalue weighted by Crippen LogP contribution is -2.03. The van der Waals surface area contributed by atoms with E-state index in [1.807, 2.05) is 13.8 Å². The minimum absolute atomic E-state index is 0.457. The third kappa shape index (κ3) is 1.41. The number of aromatic nitrogens is 2. The van der Waals surface area contributed by atoms with Crippen LogP contribution in [0.4, 0.5) is 5.69 Å². The van der Waals surface area contributed by atoms with Crippen molar-refractivity contribution in [2.45, 2.75) is 13.8 Å². The number of anilines is 1. The van der Waals surface area contributed by atoms with Crippen molar-refractivity contribution in [2.24, 2.45) is 0 Å². The molecule has 0 bridgehead atoms. The summed E-state index contributed by atoms with van der Waals surface area (Å²) in [5.41, 5.74) is 2.57. The van der Waals surface area contributed by atoms with Gasteiger partial charge in [0.1, 0.15) is 0 Å². The van der Waals surface area contributed by atoms with E-state index in [4.69, 9.17) is 0 Å². The lowest BCUT2D eigenvalue weighted by atomic mass is 10.1. The van der Waals surface area contributed by atoms with Crippen LogP contribution < -0.4 is 5.32 Å². The minimum atomic E-state index is 0.457. The van der Waals surface area contributed by atoms with Crippen LogP contribution in [0, 0.1) is 6.92 Å². The fourth-order valence-corrected chi connectivity index (χ4v) is 1.83. The predicted molar refractivity (Wildman–Crippen MR) is 61.2 cm³/mol. The van der Waals surface area contributed by atoms with E-state index in [1.165, 1.54) is 6.20 Å². The molecule has 2 aromatic heterocycles. The van der Waals surface area contributed by atoms with E-state index >= 15 is 0 Å². The van der Waals surface area contributed by atoms with Gasteiger partial charge < -0.3 is 10.5 Å². The summed E-state index contributed by atoms with van der Waals surface area (Å²) in [5, 5.41) is 13.5. The van der Waals surface area contributed by atoms with Gasteiger partial charge >= 0.3 is 0 Å². The molecular formula is C11H13N3O2. The standard InChI is InChI=1S/C11H13N3O2/c1-3-12-10-8(6-15)4-13-11-9(10)7(2)5-14(11)16/h4-6,16H,3H2,1-2H3,(H,12,13). The van der Waals surface area contributed by atoms with Crippen molar-refractivity contribution >= 4 is 23.0 Å². The zero-order valence-electron chi connectivity index (χ0n) is 9.19. The maximum atomic E-state index is 10.9. The second kappa shape index (κ2) is 3.84. The summed E-state index contributed by atoms with van der Waals surface area (Å²) in [5.74, 6) is 0. The highest BCUT2D eigenvalue weighted by Gasteiger charge is 2.13. The highest BCUT2D eigenvalue weighted by atomic mass is 16.5. The molecule has 0 aliphatic rings. The first-order valence-corrected chi connectivity index (χ1v) is 5.08. The largest absolute Gasteiger partial charge is 0.427 e. The van der Waals surface area contributed by atoms with Crippen molar-refractivity contribution in [1.29, 1.82) is 0 Å². The first kappa shape index (κ1) is 10.5. The van der Waals surface area contributed by atoms with Gasteiger partial charge in [-0.3, -0.25) is 4.79 Å². The zero-order chi connectivity index (χ0) is 11.7. The molecule has 2 rings (SSSR count). The van der Waals surface area contributed by atoms with Gasteiger partial charge in [0.2, 0.25) is 0 Å². The summed E-state index contributed by atoms with van der Waals surface area (Å²) in [6.07, 6.45) is 3.80. The van der Waals surface area contributed by atoms with Crippen LogP contribution in [-0.4, -0.2) is 27.8 Å². The first-order valence-electron chi connectivity index (χ1n) is 5.08. The maximum absolute atomic E-state index is 10.9. The molecule has 0 radical (unpaired) electrons. The fraction of sp³-hybridized carbons (Fsp3) is 0.273. The summed E-state index contributed by atoms with van der Waals surface area (Å²) in [6, 6.07) is 0. The van der Waals surface area contributed by atoms with Crippen molar-refractivity contribution < 1.29 is 10.0 Å². The van der Waals surface area contributed by atoms with Crippen LogP contribution in [0.5, 0.6) is 0 Å². The van der Waals surface area contributed by atoms with E-state index in [1.54, 1.807) is 6.20 Å². The average molecular weight is 219 g/mol. The second-order valence-corrected chi connectivity index (χ2v) is 3.59. The average Bonchev–Trinajstić information content (AvgIpc) is 2.56. The summed E-state index contributed by atoms with van der Waals surface area (Å²) < 4.78 is 0.972. The molecule has 0 spiro atoms. The number of carbonyl (C=O) groups excluding carboxylic acids is 1. The highest BCUT2D eigenvalue weighted by molar-refractivity contribution is 6.01. The van der Waals surface area contributed by atoms with Gasteiger partial charge in [0.05, 0.1) is 11.3 Å². The van der Waals surface area contributed by atoms with Gasteiger partial charge in [0.15, 0.2) is 11.9 Å².